The summed E-state index contributed by atoms with van der Waals surface area (Å²) in [4.78, 5) is 12.2. The van der Waals surface area contributed by atoms with Gasteiger partial charge in [0.05, 0.1) is 0 Å². The first-order chi connectivity index (χ1) is 8.61. The highest BCUT2D eigenvalue weighted by Gasteiger charge is 2.27. The maximum absolute atomic E-state index is 12.2. The van der Waals surface area contributed by atoms with Crippen LogP contribution in [0.3, 0.4) is 0 Å². The van der Waals surface area contributed by atoms with Gasteiger partial charge in [0.1, 0.15) is 0 Å². The van der Waals surface area contributed by atoms with E-state index in [2.05, 4.69) is 12.2 Å². The van der Waals surface area contributed by atoms with Gasteiger partial charge in [0.25, 0.3) is 5.91 Å². The lowest BCUT2D eigenvalue weighted by molar-refractivity contribution is 0.0930. The Morgan fingerprint density at radius 2 is 2.11 bits per heavy atom. The zero-order valence-electron chi connectivity index (χ0n) is 11.0. The Bertz CT molecular complexity index is 444. The number of amides is 1. The van der Waals surface area contributed by atoms with Crippen molar-refractivity contribution in [2.24, 2.45) is 5.92 Å². The van der Waals surface area contributed by atoms with E-state index in [-0.39, 0.29) is 11.9 Å². The summed E-state index contributed by atoms with van der Waals surface area (Å²) in [6.07, 6.45) is 3.34. The zero-order valence-corrected chi connectivity index (χ0v) is 11.8. The van der Waals surface area contributed by atoms with Crippen LogP contribution in [0, 0.1) is 19.8 Å². The highest BCUT2D eigenvalue weighted by molar-refractivity contribution is 6.18. The van der Waals surface area contributed by atoms with Gasteiger partial charge in [0, 0.05) is 17.5 Å². The monoisotopic (exact) mass is 265 g/mol. The molecule has 0 spiro atoms. The third-order valence-electron chi connectivity index (χ3n) is 3.94. The number of hydrogen-bond donors (Lipinski definition) is 1. The van der Waals surface area contributed by atoms with E-state index in [0.29, 0.717) is 11.8 Å². The third kappa shape index (κ3) is 2.86. The Morgan fingerprint density at radius 3 is 2.78 bits per heavy atom. The fourth-order valence-corrected chi connectivity index (χ4v) is 2.92. The van der Waals surface area contributed by atoms with Crippen molar-refractivity contribution in [3.05, 3.63) is 34.9 Å². The molecule has 1 aromatic rings. The molecule has 0 radical (unpaired) electrons. The summed E-state index contributed by atoms with van der Waals surface area (Å²) in [6.45, 7) is 4.08. The van der Waals surface area contributed by atoms with Gasteiger partial charge in [-0.25, -0.2) is 0 Å². The minimum absolute atomic E-state index is 0.0279. The predicted octanol–water partition coefficient (Wildman–Crippen LogP) is 3.44. The summed E-state index contributed by atoms with van der Waals surface area (Å²) in [5, 5.41) is 3.12. The van der Waals surface area contributed by atoms with E-state index in [4.69, 9.17) is 11.6 Å². The molecule has 1 aliphatic carbocycles. The minimum Gasteiger partial charge on any atom is -0.349 e. The molecule has 1 aliphatic rings. The highest BCUT2D eigenvalue weighted by Crippen LogP contribution is 2.26. The van der Waals surface area contributed by atoms with Crippen molar-refractivity contribution in [2.75, 3.05) is 5.88 Å². The van der Waals surface area contributed by atoms with Crippen LogP contribution in [0.15, 0.2) is 18.2 Å². The van der Waals surface area contributed by atoms with Gasteiger partial charge in [-0.2, -0.15) is 0 Å². The van der Waals surface area contributed by atoms with E-state index in [1.165, 1.54) is 5.56 Å². The van der Waals surface area contributed by atoms with Crippen molar-refractivity contribution < 1.29 is 4.79 Å². The van der Waals surface area contributed by atoms with Gasteiger partial charge in [-0.05, 0) is 55.9 Å². The van der Waals surface area contributed by atoms with E-state index >= 15 is 0 Å². The largest absolute Gasteiger partial charge is 0.349 e. The van der Waals surface area contributed by atoms with Crippen LogP contribution in [0.2, 0.25) is 0 Å². The Balaban J connectivity index is 2.05. The molecule has 0 saturated heterocycles. The molecule has 2 rings (SSSR count). The van der Waals surface area contributed by atoms with Crippen molar-refractivity contribution in [1.82, 2.24) is 5.32 Å². The van der Waals surface area contributed by atoms with E-state index in [0.717, 1.165) is 30.4 Å². The molecule has 1 N–H and O–H groups in total. The maximum Gasteiger partial charge on any atom is 0.251 e. The first-order valence-corrected chi connectivity index (χ1v) is 7.09. The molecule has 3 heteroatoms. The number of halogens is 1. The Labute approximate surface area is 114 Å². The zero-order chi connectivity index (χ0) is 13.1. The molecular weight excluding hydrogens is 246 g/mol. The van der Waals surface area contributed by atoms with Crippen molar-refractivity contribution >= 4 is 17.5 Å². The number of hydrogen-bond acceptors (Lipinski definition) is 1. The summed E-state index contributed by atoms with van der Waals surface area (Å²) in [7, 11) is 0. The van der Waals surface area contributed by atoms with Crippen LogP contribution in [0.25, 0.3) is 0 Å². The number of carbonyl (C=O) groups is 1. The molecule has 2 atom stereocenters. The minimum atomic E-state index is 0.0279. The van der Waals surface area contributed by atoms with Crippen molar-refractivity contribution in [3.8, 4) is 0 Å². The second-order valence-electron chi connectivity index (χ2n) is 5.22. The van der Waals surface area contributed by atoms with Gasteiger partial charge in [-0.15, -0.1) is 11.6 Å². The molecule has 1 amide bonds. The van der Waals surface area contributed by atoms with Gasteiger partial charge >= 0.3 is 0 Å². The molecule has 2 unspecified atom stereocenters. The SMILES string of the molecule is Cc1ccc(C(=O)NC2CCCC2CCl)cc1C. The van der Waals surface area contributed by atoms with Crippen molar-refractivity contribution in [1.29, 1.82) is 0 Å². The summed E-state index contributed by atoms with van der Waals surface area (Å²) in [5.74, 6) is 1.10. The first kappa shape index (κ1) is 13.4. The number of rotatable bonds is 3. The summed E-state index contributed by atoms with van der Waals surface area (Å²) in [5.41, 5.74) is 3.12. The quantitative estimate of drug-likeness (QED) is 0.834. The molecular formula is C15H20ClNO. The lowest BCUT2D eigenvalue weighted by Gasteiger charge is -2.19. The average Bonchev–Trinajstić information content (AvgIpc) is 2.79. The highest BCUT2D eigenvalue weighted by atomic mass is 35.5. The number of carbonyl (C=O) groups excluding carboxylic acids is 1. The van der Waals surface area contributed by atoms with Gasteiger partial charge in [0.2, 0.25) is 0 Å². The number of nitrogens with one attached hydrogen (secondary N) is 1. The smallest absolute Gasteiger partial charge is 0.251 e. The molecule has 18 heavy (non-hydrogen) atoms. The summed E-state index contributed by atoms with van der Waals surface area (Å²) in [6, 6.07) is 6.09. The summed E-state index contributed by atoms with van der Waals surface area (Å²) >= 11 is 5.93. The van der Waals surface area contributed by atoms with Crippen LogP contribution in [0.1, 0.15) is 40.7 Å². The lowest BCUT2D eigenvalue weighted by atomic mass is 10.0. The fourth-order valence-electron chi connectivity index (χ4n) is 2.55. The maximum atomic E-state index is 12.2. The van der Waals surface area contributed by atoms with Crippen LogP contribution in [0.5, 0.6) is 0 Å². The van der Waals surface area contributed by atoms with Crippen LogP contribution in [-0.4, -0.2) is 17.8 Å². The Hall–Kier alpha value is -1.02. The second kappa shape index (κ2) is 5.75. The van der Waals surface area contributed by atoms with Gasteiger partial charge in [0.15, 0.2) is 0 Å². The molecule has 0 aliphatic heterocycles. The van der Waals surface area contributed by atoms with E-state index < -0.39 is 0 Å². The average molecular weight is 266 g/mol. The Kier molecular flexibility index (Phi) is 4.28. The van der Waals surface area contributed by atoms with Crippen molar-refractivity contribution in [3.63, 3.8) is 0 Å². The van der Waals surface area contributed by atoms with Crippen LogP contribution in [-0.2, 0) is 0 Å². The van der Waals surface area contributed by atoms with E-state index in [9.17, 15) is 4.79 Å². The van der Waals surface area contributed by atoms with Gasteiger partial charge < -0.3 is 5.32 Å². The number of benzene rings is 1. The molecule has 1 saturated carbocycles. The predicted molar refractivity (Wildman–Crippen MR) is 75.2 cm³/mol. The number of alkyl halides is 1. The Morgan fingerprint density at radius 1 is 1.33 bits per heavy atom. The fraction of sp³-hybridized carbons (Fsp3) is 0.533. The second-order valence-corrected chi connectivity index (χ2v) is 5.53. The normalized spacial score (nSPS) is 23.1. The number of aryl methyl sites for hydroxylation is 2. The van der Waals surface area contributed by atoms with Crippen LogP contribution in [0.4, 0.5) is 0 Å². The molecule has 0 bridgehead atoms. The summed E-state index contributed by atoms with van der Waals surface area (Å²) < 4.78 is 0. The van der Waals surface area contributed by atoms with Crippen LogP contribution < -0.4 is 5.32 Å². The molecule has 0 aromatic heterocycles. The standard InChI is InChI=1S/C15H20ClNO/c1-10-6-7-12(8-11(10)2)15(18)17-14-5-3-4-13(14)9-16/h6-8,13-14H,3-5,9H2,1-2H3,(H,17,18). The molecule has 2 nitrogen and oxygen atoms in total. The van der Waals surface area contributed by atoms with Crippen molar-refractivity contribution in [2.45, 2.75) is 39.2 Å². The molecule has 98 valence electrons. The van der Waals surface area contributed by atoms with Gasteiger partial charge in [-0.3, -0.25) is 4.79 Å². The molecule has 1 aromatic carbocycles. The van der Waals surface area contributed by atoms with E-state index in [1.807, 2.05) is 25.1 Å². The first-order valence-electron chi connectivity index (χ1n) is 6.56. The van der Waals surface area contributed by atoms with E-state index in [1.54, 1.807) is 0 Å². The third-order valence-corrected chi connectivity index (χ3v) is 4.34. The topological polar surface area (TPSA) is 29.1 Å². The van der Waals surface area contributed by atoms with Crippen LogP contribution >= 0.6 is 11.6 Å². The molecule has 1 fully saturated rings. The lowest BCUT2D eigenvalue weighted by Crippen LogP contribution is -2.37. The molecule has 0 heterocycles. The van der Waals surface area contributed by atoms with Gasteiger partial charge in [-0.1, -0.05) is 12.5 Å².